The maximum atomic E-state index is 12.1. The van der Waals surface area contributed by atoms with Gasteiger partial charge in [-0.15, -0.1) is 0 Å². The van der Waals surface area contributed by atoms with E-state index in [2.05, 4.69) is 12.2 Å². The van der Waals surface area contributed by atoms with Crippen LogP contribution < -0.4 is 10.9 Å². The first-order chi connectivity index (χ1) is 10.4. The lowest BCUT2D eigenvalue weighted by Gasteiger charge is -2.27. The van der Waals surface area contributed by atoms with Crippen LogP contribution in [0.4, 0.5) is 11.4 Å². The SMILES string of the molecule is Cn1c(=O)cc(NC2(C)CCCC2)c2cc([N+](=O)[O-])ccc21. The van der Waals surface area contributed by atoms with Crippen molar-refractivity contribution in [2.24, 2.45) is 7.05 Å². The van der Waals surface area contributed by atoms with Gasteiger partial charge in [-0.3, -0.25) is 14.9 Å². The molecular formula is C16H19N3O3. The fourth-order valence-electron chi connectivity index (χ4n) is 3.27. The fraction of sp³-hybridized carbons (Fsp3) is 0.438. The Balaban J connectivity index is 2.19. The summed E-state index contributed by atoms with van der Waals surface area (Å²) in [5.74, 6) is 0. The molecule has 1 N–H and O–H groups in total. The summed E-state index contributed by atoms with van der Waals surface area (Å²) in [6.45, 7) is 2.14. The van der Waals surface area contributed by atoms with Gasteiger partial charge in [0, 0.05) is 41.9 Å². The lowest BCUT2D eigenvalue weighted by molar-refractivity contribution is -0.384. The summed E-state index contributed by atoms with van der Waals surface area (Å²) < 4.78 is 1.52. The van der Waals surface area contributed by atoms with Gasteiger partial charge in [-0.25, -0.2) is 0 Å². The first-order valence-corrected chi connectivity index (χ1v) is 7.46. The number of nitrogens with one attached hydrogen (secondary N) is 1. The predicted octanol–water partition coefficient (Wildman–Crippen LogP) is 3.19. The van der Waals surface area contributed by atoms with Crippen LogP contribution in [0, 0.1) is 10.1 Å². The van der Waals surface area contributed by atoms with E-state index in [-0.39, 0.29) is 16.8 Å². The van der Waals surface area contributed by atoms with Gasteiger partial charge in [-0.2, -0.15) is 0 Å². The highest BCUT2D eigenvalue weighted by atomic mass is 16.6. The standard InChI is InChI=1S/C16H19N3O3/c1-16(7-3-4-8-16)17-13-10-15(20)18(2)14-6-5-11(19(21)22)9-12(13)14/h5-6,9-10,17H,3-4,7-8H2,1-2H3. The number of non-ortho nitro benzene ring substituents is 1. The molecule has 1 aliphatic rings. The zero-order chi connectivity index (χ0) is 15.9. The number of benzene rings is 1. The summed E-state index contributed by atoms with van der Waals surface area (Å²) in [6.07, 6.45) is 4.40. The van der Waals surface area contributed by atoms with Crippen molar-refractivity contribution in [2.75, 3.05) is 5.32 Å². The molecule has 6 heteroatoms. The average molecular weight is 301 g/mol. The molecule has 0 atom stereocenters. The third-order valence-electron chi connectivity index (χ3n) is 4.58. The van der Waals surface area contributed by atoms with Crippen LogP contribution in [0.15, 0.2) is 29.1 Å². The Hall–Kier alpha value is -2.37. The third kappa shape index (κ3) is 2.45. The summed E-state index contributed by atoms with van der Waals surface area (Å²) in [6, 6.07) is 6.14. The highest BCUT2D eigenvalue weighted by Crippen LogP contribution is 2.35. The Morgan fingerprint density at radius 2 is 1.95 bits per heavy atom. The molecular weight excluding hydrogens is 282 g/mol. The molecule has 0 unspecified atom stereocenters. The Kier molecular flexibility index (Phi) is 3.39. The van der Waals surface area contributed by atoms with E-state index in [1.807, 2.05) is 0 Å². The van der Waals surface area contributed by atoms with Gasteiger partial charge in [-0.1, -0.05) is 12.8 Å². The molecule has 3 rings (SSSR count). The van der Waals surface area contributed by atoms with Crippen LogP contribution in [-0.4, -0.2) is 15.0 Å². The van der Waals surface area contributed by atoms with Gasteiger partial charge < -0.3 is 9.88 Å². The molecule has 0 saturated heterocycles. The lowest BCUT2D eigenvalue weighted by atomic mass is 9.99. The number of hydrogen-bond acceptors (Lipinski definition) is 4. The van der Waals surface area contributed by atoms with E-state index in [0.717, 1.165) is 25.7 Å². The Bertz CT molecular complexity index is 804. The number of aryl methyl sites for hydroxylation is 1. The first kappa shape index (κ1) is 14.6. The zero-order valence-corrected chi connectivity index (χ0v) is 12.8. The average Bonchev–Trinajstić information content (AvgIpc) is 2.90. The Morgan fingerprint density at radius 1 is 1.27 bits per heavy atom. The number of fused-ring (bicyclic) bond motifs is 1. The van der Waals surface area contributed by atoms with Gasteiger partial charge in [-0.05, 0) is 25.8 Å². The van der Waals surface area contributed by atoms with E-state index in [1.54, 1.807) is 13.1 Å². The molecule has 1 fully saturated rings. The number of hydrogen-bond donors (Lipinski definition) is 1. The van der Waals surface area contributed by atoms with Crippen molar-refractivity contribution in [3.8, 4) is 0 Å². The molecule has 0 spiro atoms. The monoisotopic (exact) mass is 301 g/mol. The normalized spacial score (nSPS) is 16.8. The molecule has 1 heterocycles. The second kappa shape index (κ2) is 5.12. The Labute approximate surface area is 127 Å². The number of anilines is 1. The van der Waals surface area contributed by atoms with Gasteiger partial charge in [0.1, 0.15) is 0 Å². The van der Waals surface area contributed by atoms with Gasteiger partial charge in [0.05, 0.1) is 10.4 Å². The summed E-state index contributed by atoms with van der Waals surface area (Å²) in [5.41, 5.74) is 1.24. The number of aromatic nitrogens is 1. The topological polar surface area (TPSA) is 77.2 Å². The van der Waals surface area contributed by atoms with Crippen molar-refractivity contribution >= 4 is 22.3 Å². The second-order valence-corrected chi connectivity index (χ2v) is 6.31. The highest BCUT2D eigenvalue weighted by Gasteiger charge is 2.29. The van der Waals surface area contributed by atoms with Crippen molar-refractivity contribution in [1.82, 2.24) is 4.57 Å². The van der Waals surface area contributed by atoms with Crippen molar-refractivity contribution in [2.45, 2.75) is 38.1 Å². The molecule has 0 radical (unpaired) electrons. The van der Waals surface area contributed by atoms with Gasteiger partial charge in [0.25, 0.3) is 11.2 Å². The third-order valence-corrected chi connectivity index (χ3v) is 4.58. The summed E-state index contributed by atoms with van der Waals surface area (Å²) in [4.78, 5) is 22.8. The van der Waals surface area contributed by atoms with Crippen molar-refractivity contribution in [1.29, 1.82) is 0 Å². The molecule has 0 bridgehead atoms. The Morgan fingerprint density at radius 3 is 2.59 bits per heavy atom. The molecule has 0 aliphatic heterocycles. The van der Waals surface area contributed by atoms with Crippen LogP contribution in [0.5, 0.6) is 0 Å². The molecule has 0 amide bonds. The minimum Gasteiger partial charge on any atom is -0.379 e. The van der Waals surface area contributed by atoms with Crippen LogP contribution in [0.3, 0.4) is 0 Å². The molecule has 116 valence electrons. The summed E-state index contributed by atoms with van der Waals surface area (Å²) >= 11 is 0. The summed E-state index contributed by atoms with van der Waals surface area (Å²) in [7, 11) is 1.68. The number of pyridine rings is 1. The quantitative estimate of drug-likeness (QED) is 0.697. The maximum absolute atomic E-state index is 12.1. The molecule has 1 saturated carbocycles. The van der Waals surface area contributed by atoms with E-state index < -0.39 is 4.92 Å². The van der Waals surface area contributed by atoms with E-state index in [0.29, 0.717) is 16.6 Å². The molecule has 22 heavy (non-hydrogen) atoms. The number of nitrogens with zero attached hydrogens (tertiary/aromatic N) is 2. The highest BCUT2D eigenvalue weighted by molar-refractivity contribution is 5.93. The molecule has 1 aromatic carbocycles. The zero-order valence-electron chi connectivity index (χ0n) is 12.8. The minimum atomic E-state index is -0.411. The predicted molar refractivity (Wildman–Crippen MR) is 86.3 cm³/mol. The van der Waals surface area contributed by atoms with Gasteiger partial charge in [0.2, 0.25) is 0 Å². The number of rotatable bonds is 3. The van der Waals surface area contributed by atoms with Crippen molar-refractivity contribution in [3.63, 3.8) is 0 Å². The smallest absolute Gasteiger partial charge is 0.270 e. The van der Waals surface area contributed by atoms with E-state index in [9.17, 15) is 14.9 Å². The number of nitro benzene ring substituents is 1. The van der Waals surface area contributed by atoms with E-state index >= 15 is 0 Å². The second-order valence-electron chi connectivity index (χ2n) is 6.31. The molecule has 1 aliphatic carbocycles. The lowest BCUT2D eigenvalue weighted by Crippen LogP contribution is -2.32. The fourth-order valence-corrected chi connectivity index (χ4v) is 3.27. The largest absolute Gasteiger partial charge is 0.379 e. The van der Waals surface area contributed by atoms with Gasteiger partial charge >= 0.3 is 0 Å². The van der Waals surface area contributed by atoms with Crippen LogP contribution >= 0.6 is 0 Å². The molecule has 2 aromatic rings. The van der Waals surface area contributed by atoms with Gasteiger partial charge in [0.15, 0.2) is 0 Å². The maximum Gasteiger partial charge on any atom is 0.270 e. The molecule has 1 aromatic heterocycles. The summed E-state index contributed by atoms with van der Waals surface area (Å²) in [5, 5.41) is 15.2. The van der Waals surface area contributed by atoms with E-state index in [4.69, 9.17) is 0 Å². The first-order valence-electron chi connectivity index (χ1n) is 7.46. The minimum absolute atomic E-state index is 0.0331. The van der Waals surface area contributed by atoms with Crippen LogP contribution in [-0.2, 0) is 7.05 Å². The van der Waals surface area contributed by atoms with Crippen LogP contribution in [0.25, 0.3) is 10.9 Å². The molecule has 6 nitrogen and oxygen atoms in total. The number of nitro groups is 1. The van der Waals surface area contributed by atoms with Crippen LogP contribution in [0.1, 0.15) is 32.6 Å². The van der Waals surface area contributed by atoms with Crippen molar-refractivity contribution < 1.29 is 4.92 Å². The van der Waals surface area contributed by atoms with Crippen molar-refractivity contribution in [3.05, 3.63) is 44.7 Å². The van der Waals surface area contributed by atoms with E-state index in [1.165, 1.54) is 22.8 Å². The van der Waals surface area contributed by atoms with Crippen LogP contribution in [0.2, 0.25) is 0 Å².